The van der Waals surface area contributed by atoms with Crippen LogP contribution in [0.1, 0.15) is 35.9 Å². The van der Waals surface area contributed by atoms with E-state index in [9.17, 15) is 4.79 Å². The summed E-state index contributed by atoms with van der Waals surface area (Å²) in [5.74, 6) is -0.173. The first-order chi connectivity index (χ1) is 9.08. The lowest BCUT2D eigenvalue weighted by Crippen LogP contribution is -2.25. The number of carbonyl (C=O) groups excluding carboxylic acids is 1. The first-order valence-corrected chi connectivity index (χ1v) is 6.49. The molecule has 0 aromatic carbocycles. The number of rotatable bonds is 5. The number of hydrogen-bond donors (Lipinski definition) is 2. The summed E-state index contributed by atoms with van der Waals surface area (Å²) in [6, 6.07) is 5.76. The van der Waals surface area contributed by atoms with Gasteiger partial charge in [0.15, 0.2) is 0 Å². The van der Waals surface area contributed by atoms with Gasteiger partial charge in [0.25, 0.3) is 5.91 Å². The van der Waals surface area contributed by atoms with Gasteiger partial charge in [0.2, 0.25) is 0 Å². The molecule has 0 spiro atoms. The predicted molar refractivity (Wildman–Crippen MR) is 73.2 cm³/mol. The van der Waals surface area contributed by atoms with Crippen molar-refractivity contribution in [2.45, 2.75) is 32.8 Å². The number of aryl methyl sites for hydroxylation is 1. The molecule has 1 atom stereocenters. The fraction of sp³-hybridized carbons (Fsp3) is 0.429. The number of amides is 1. The number of aliphatic hydroxyl groups excluding tert-OH is 1. The van der Waals surface area contributed by atoms with Gasteiger partial charge in [-0.15, -0.1) is 0 Å². The molecule has 2 aromatic heterocycles. The maximum Gasteiger partial charge on any atom is 0.271 e. The highest BCUT2D eigenvalue weighted by molar-refractivity contribution is 5.92. The molecule has 0 radical (unpaired) electrons. The zero-order valence-corrected chi connectivity index (χ0v) is 11.3. The molecule has 0 aliphatic heterocycles. The molecule has 0 bridgehead atoms. The van der Waals surface area contributed by atoms with Gasteiger partial charge in [0, 0.05) is 18.4 Å². The molecule has 0 saturated carbocycles. The van der Waals surface area contributed by atoms with Crippen molar-refractivity contribution in [1.82, 2.24) is 14.7 Å². The average molecular weight is 261 g/mol. The zero-order valence-electron chi connectivity index (χ0n) is 11.3. The lowest BCUT2D eigenvalue weighted by Gasteiger charge is -2.04. The van der Waals surface area contributed by atoms with Crippen molar-refractivity contribution >= 4 is 11.6 Å². The van der Waals surface area contributed by atoms with Gasteiger partial charge < -0.3 is 14.8 Å². The highest BCUT2D eigenvalue weighted by Gasteiger charge is 2.10. The van der Waals surface area contributed by atoms with Crippen LogP contribution in [0.3, 0.4) is 0 Å². The Morgan fingerprint density at radius 2 is 2.32 bits per heavy atom. The van der Waals surface area contributed by atoms with Crippen LogP contribution in [-0.2, 0) is 0 Å². The van der Waals surface area contributed by atoms with Crippen molar-refractivity contribution in [3.05, 3.63) is 35.8 Å². The zero-order chi connectivity index (χ0) is 13.8. The van der Waals surface area contributed by atoms with Crippen LogP contribution in [0.5, 0.6) is 0 Å². The third kappa shape index (κ3) is 3.32. The van der Waals surface area contributed by atoms with Crippen LogP contribution >= 0.6 is 0 Å². The molecule has 2 N–H and O–H groups in total. The maximum atomic E-state index is 11.9. The SMILES string of the molecule is Cc1cccc2nc(C(=O)NCCCC(C)O)cn12. The van der Waals surface area contributed by atoms with Crippen molar-refractivity contribution in [2.24, 2.45) is 0 Å². The summed E-state index contributed by atoms with van der Waals surface area (Å²) in [5, 5.41) is 11.9. The number of fused-ring (bicyclic) bond motifs is 1. The molecule has 1 amide bonds. The number of imidazole rings is 1. The van der Waals surface area contributed by atoms with Crippen LogP contribution in [0.2, 0.25) is 0 Å². The Morgan fingerprint density at radius 1 is 1.53 bits per heavy atom. The van der Waals surface area contributed by atoms with E-state index in [-0.39, 0.29) is 12.0 Å². The monoisotopic (exact) mass is 261 g/mol. The van der Waals surface area contributed by atoms with Crippen molar-refractivity contribution in [2.75, 3.05) is 6.54 Å². The molecule has 0 aliphatic carbocycles. The molecule has 1 unspecified atom stereocenters. The summed E-state index contributed by atoms with van der Waals surface area (Å²) in [6.07, 6.45) is 2.87. The number of pyridine rings is 1. The smallest absolute Gasteiger partial charge is 0.271 e. The predicted octanol–water partition coefficient (Wildman–Crippen LogP) is 1.53. The number of aliphatic hydroxyl groups is 1. The molecule has 5 heteroatoms. The van der Waals surface area contributed by atoms with Crippen LogP contribution in [0.25, 0.3) is 5.65 Å². The molecular formula is C14H19N3O2. The summed E-state index contributed by atoms with van der Waals surface area (Å²) >= 11 is 0. The van der Waals surface area contributed by atoms with Gasteiger partial charge in [-0.3, -0.25) is 4.79 Å². The standard InChI is InChI=1S/C14H19N3O2/c1-10-5-3-7-13-16-12(9-17(10)13)14(19)15-8-4-6-11(2)18/h3,5,7,9,11,18H,4,6,8H2,1-2H3,(H,15,19). The highest BCUT2D eigenvalue weighted by atomic mass is 16.3. The van der Waals surface area contributed by atoms with Crippen LogP contribution in [0.4, 0.5) is 0 Å². The Bertz CT molecular complexity index is 575. The maximum absolute atomic E-state index is 11.9. The van der Waals surface area contributed by atoms with E-state index in [1.54, 1.807) is 13.1 Å². The Hall–Kier alpha value is -1.88. The van der Waals surface area contributed by atoms with E-state index in [4.69, 9.17) is 5.11 Å². The molecule has 0 saturated heterocycles. The summed E-state index contributed by atoms with van der Waals surface area (Å²) in [4.78, 5) is 16.2. The second kappa shape index (κ2) is 5.84. The molecule has 0 aliphatic rings. The Morgan fingerprint density at radius 3 is 3.00 bits per heavy atom. The van der Waals surface area contributed by atoms with Crippen molar-refractivity contribution < 1.29 is 9.90 Å². The molecule has 19 heavy (non-hydrogen) atoms. The van der Waals surface area contributed by atoms with Gasteiger partial charge >= 0.3 is 0 Å². The van der Waals surface area contributed by atoms with Gasteiger partial charge in [-0.2, -0.15) is 0 Å². The van der Waals surface area contributed by atoms with E-state index >= 15 is 0 Å². The van der Waals surface area contributed by atoms with Gasteiger partial charge in [-0.05, 0) is 38.8 Å². The third-order valence-corrected chi connectivity index (χ3v) is 3.01. The fourth-order valence-electron chi connectivity index (χ4n) is 1.95. The van der Waals surface area contributed by atoms with Gasteiger partial charge in [0.1, 0.15) is 11.3 Å². The van der Waals surface area contributed by atoms with E-state index in [0.717, 1.165) is 17.8 Å². The second-order valence-electron chi connectivity index (χ2n) is 4.77. The Balaban J connectivity index is 2.00. The molecule has 2 aromatic rings. The molecule has 0 fully saturated rings. The molecule has 2 heterocycles. The number of hydrogen-bond acceptors (Lipinski definition) is 3. The van der Waals surface area contributed by atoms with Crippen LogP contribution in [0.15, 0.2) is 24.4 Å². The number of nitrogens with zero attached hydrogens (tertiary/aromatic N) is 2. The summed E-state index contributed by atoms with van der Waals surface area (Å²) < 4.78 is 1.89. The summed E-state index contributed by atoms with van der Waals surface area (Å²) in [7, 11) is 0. The highest BCUT2D eigenvalue weighted by Crippen LogP contribution is 2.08. The minimum Gasteiger partial charge on any atom is -0.393 e. The number of carbonyl (C=O) groups is 1. The van der Waals surface area contributed by atoms with Crippen LogP contribution in [-0.4, -0.2) is 33.0 Å². The molecule has 2 rings (SSSR count). The average Bonchev–Trinajstić information content (AvgIpc) is 2.79. The quantitative estimate of drug-likeness (QED) is 0.802. The largest absolute Gasteiger partial charge is 0.393 e. The summed E-state index contributed by atoms with van der Waals surface area (Å²) in [6.45, 7) is 4.27. The van der Waals surface area contributed by atoms with E-state index in [0.29, 0.717) is 18.7 Å². The normalized spacial score (nSPS) is 12.6. The first-order valence-electron chi connectivity index (χ1n) is 6.49. The van der Waals surface area contributed by atoms with Gasteiger partial charge in [-0.25, -0.2) is 4.98 Å². The third-order valence-electron chi connectivity index (χ3n) is 3.01. The van der Waals surface area contributed by atoms with E-state index < -0.39 is 0 Å². The van der Waals surface area contributed by atoms with E-state index in [1.165, 1.54) is 0 Å². The van der Waals surface area contributed by atoms with Crippen LogP contribution < -0.4 is 5.32 Å². The van der Waals surface area contributed by atoms with E-state index in [2.05, 4.69) is 10.3 Å². The number of nitrogens with one attached hydrogen (secondary N) is 1. The number of aromatic nitrogens is 2. The molecule has 102 valence electrons. The van der Waals surface area contributed by atoms with Crippen molar-refractivity contribution in [3.63, 3.8) is 0 Å². The van der Waals surface area contributed by atoms with Crippen molar-refractivity contribution in [3.8, 4) is 0 Å². The summed E-state index contributed by atoms with van der Waals surface area (Å²) in [5.41, 5.74) is 2.23. The lowest BCUT2D eigenvalue weighted by molar-refractivity contribution is 0.0945. The molecule has 5 nitrogen and oxygen atoms in total. The first kappa shape index (κ1) is 13.5. The van der Waals surface area contributed by atoms with Gasteiger partial charge in [0.05, 0.1) is 6.10 Å². The van der Waals surface area contributed by atoms with Gasteiger partial charge in [-0.1, -0.05) is 6.07 Å². The topological polar surface area (TPSA) is 66.6 Å². The minimum absolute atomic E-state index is 0.173. The van der Waals surface area contributed by atoms with Crippen molar-refractivity contribution in [1.29, 1.82) is 0 Å². The minimum atomic E-state index is -0.324. The van der Waals surface area contributed by atoms with Crippen LogP contribution in [0, 0.1) is 6.92 Å². The molecular weight excluding hydrogens is 242 g/mol. The Kier molecular flexibility index (Phi) is 4.16. The Labute approximate surface area is 112 Å². The second-order valence-corrected chi connectivity index (χ2v) is 4.77. The van der Waals surface area contributed by atoms with E-state index in [1.807, 2.05) is 29.5 Å². The lowest BCUT2D eigenvalue weighted by atomic mass is 10.2. The fourth-order valence-corrected chi connectivity index (χ4v) is 1.95.